The molecule has 0 fully saturated rings. The van der Waals surface area contributed by atoms with E-state index in [0.717, 1.165) is 0 Å². The van der Waals surface area contributed by atoms with Gasteiger partial charge in [0.05, 0.1) is 6.04 Å². The molecule has 0 aliphatic carbocycles. The summed E-state index contributed by atoms with van der Waals surface area (Å²) in [7, 11) is 0. The largest absolute Gasteiger partial charge is 0.320 e. The summed E-state index contributed by atoms with van der Waals surface area (Å²) in [6, 6.07) is -1.13. The average molecular weight is 296 g/mol. The first-order chi connectivity index (χ1) is 9.22. The minimum absolute atomic E-state index is 0.323. The van der Waals surface area contributed by atoms with E-state index in [9.17, 15) is 26.7 Å². The van der Waals surface area contributed by atoms with Crippen LogP contribution in [0.25, 0.3) is 0 Å². The first-order valence-electron chi connectivity index (χ1n) is 5.80. The Balaban J connectivity index is 3.14. The van der Waals surface area contributed by atoms with E-state index in [1.54, 1.807) is 19.2 Å². The number of amides is 1. The van der Waals surface area contributed by atoms with Crippen molar-refractivity contribution in [2.24, 2.45) is 11.7 Å². The van der Waals surface area contributed by atoms with Crippen molar-refractivity contribution in [3.63, 3.8) is 0 Å². The smallest absolute Gasteiger partial charge is 0.241 e. The lowest BCUT2D eigenvalue weighted by Gasteiger charge is -2.18. The lowest BCUT2D eigenvalue weighted by atomic mass is 9.99. The molecule has 2 atom stereocenters. The standard InChI is InChI=1S/C12H13F5N2O/c1-3-4(2)10(18)12(20)19-11-8(16)6(14)5(13)7(15)9(11)17/h4,10H,3,18H2,1-2H3,(H,19,20)/t4?,10-/m0/s1. The number of anilines is 1. The Morgan fingerprint density at radius 2 is 1.45 bits per heavy atom. The van der Waals surface area contributed by atoms with Crippen LogP contribution in [0.5, 0.6) is 0 Å². The monoisotopic (exact) mass is 296 g/mol. The summed E-state index contributed by atoms with van der Waals surface area (Å²) >= 11 is 0. The van der Waals surface area contributed by atoms with E-state index in [-0.39, 0.29) is 5.92 Å². The topological polar surface area (TPSA) is 55.1 Å². The van der Waals surface area contributed by atoms with Crippen LogP contribution in [0.2, 0.25) is 0 Å². The third-order valence-electron chi connectivity index (χ3n) is 3.02. The molecule has 0 aliphatic rings. The molecule has 1 aromatic rings. The lowest BCUT2D eigenvalue weighted by Crippen LogP contribution is -2.41. The molecule has 0 bridgehead atoms. The van der Waals surface area contributed by atoms with Gasteiger partial charge < -0.3 is 11.1 Å². The van der Waals surface area contributed by atoms with Gasteiger partial charge in [0.25, 0.3) is 0 Å². The summed E-state index contributed by atoms with van der Waals surface area (Å²) in [4.78, 5) is 11.6. The fourth-order valence-corrected chi connectivity index (χ4v) is 1.43. The Morgan fingerprint density at radius 1 is 1.05 bits per heavy atom. The van der Waals surface area contributed by atoms with Gasteiger partial charge in [-0.2, -0.15) is 0 Å². The second-order valence-electron chi connectivity index (χ2n) is 4.35. The first-order valence-corrected chi connectivity index (χ1v) is 5.80. The Bertz CT molecular complexity index is 506. The number of carbonyl (C=O) groups excluding carboxylic acids is 1. The van der Waals surface area contributed by atoms with Crippen LogP contribution in [0.3, 0.4) is 0 Å². The number of benzene rings is 1. The van der Waals surface area contributed by atoms with Crippen molar-refractivity contribution in [1.82, 2.24) is 0 Å². The number of hydrogen-bond donors (Lipinski definition) is 2. The summed E-state index contributed by atoms with van der Waals surface area (Å²) in [6.45, 7) is 3.35. The fraction of sp³-hybridized carbons (Fsp3) is 0.417. The molecule has 3 N–H and O–H groups in total. The molecule has 112 valence electrons. The molecule has 20 heavy (non-hydrogen) atoms. The second kappa shape index (κ2) is 6.17. The molecule has 1 unspecified atom stereocenters. The minimum atomic E-state index is -2.29. The molecule has 0 heterocycles. The van der Waals surface area contributed by atoms with E-state index in [4.69, 9.17) is 5.73 Å². The van der Waals surface area contributed by atoms with Crippen LogP contribution in [-0.2, 0) is 4.79 Å². The van der Waals surface area contributed by atoms with Crippen molar-refractivity contribution in [3.8, 4) is 0 Å². The van der Waals surface area contributed by atoms with E-state index in [1.807, 2.05) is 0 Å². The normalized spacial score (nSPS) is 14.0. The molecule has 0 spiro atoms. The molecule has 1 amide bonds. The predicted molar refractivity (Wildman–Crippen MR) is 62.3 cm³/mol. The van der Waals surface area contributed by atoms with Gasteiger partial charge in [0.1, 0.15) is 5.69 Å². The number of halogens is 5. The van der Waals surface area contributed by atoms with Crippen molar-refractivity contribution in [1.29, 1.82) is 0 Å². The van der Waals surface area contributed by atoms with Gasteiger partial charge in [-0.05, 0) is 5.92 Å². The highest BCUT2D eigenvalue weighted by Crippen LogP contribution is 2.27. The Morgan fingerprint density at radius 3 is 1.85 bits per heavy atom. The highest BCUT2D eigenvalue weighted by atomic mass is 19.2. The third kappa shape index (κ3) is 2.90. The first kappa shape index (κ1) is 16.4. The van der Waals surface area contributed by atoms with Crippen molar-refractivity contribution in [2.45, 2.75) is 26.3 Å². The zero-order valence-electron chi connectivity index (χ0n) is 10.7. The van der Waals surface area contributed by atoms with Gasteiger partial charge in [0.15, 0.2) is 23.3 Å². The van der Waals surface area contributed by atoms with Crippen LogP contribution < -0.4 is 11.1 Å². The summed E-state index contributed by atoms with van der Waals surface area (Å²) in [6.07, 6.45) is 0.506. The van der Waals surface area contributed by atoms with Gasteiger partial charge in [0, 0.05) is 0 Å². The van der Waals surface area contributed by atoms with Crippen LogP contribution in [0, 0.1) is 35.0 Å². The maximum Gasteiger partial charge on any atom is 0.241 e. The van der Waals surface area contributed by atoms with Crippen molar-refractivity contribution < 1.29 is 26.7 Å². The summed E-state index contributed by atoms with van der Waals surface area (Å²) < 4.78 is 65.3. The zero-order valence-corrected chi connectivity index (χ0v) is 10.7. The Kier molecular flexibility index (Phi) is 5.04. The molecular weight excluding hydrogens is 283 g/mol. The van der Waals surface area contributed by atoms with Crippen molar-refractivity contribution in [2.75, 3.05) is 5.32 Å². The minimum Gasteiger partial charge on any atom is -0.320 e. The zero-order chi connectivity index (χ0) is 15.6. The number of rotatable bonds is 4. The van der Waals surface area contributed by atoms with Crippen molar-refractivity contribution in [3.05, 3.63) is 29.1 Å². The molecule has 3 nitrogen and oxygen atoms in total. The molecule has 0 aliphatic heterocycles. The molecular formula is C12H13F5N2O. The molecule has 0 radical (unpaired) electrons. The Labute approximate surface area is 112 Å². The summed E-state index contributed by atoms with van der Waals surface area (Å²) in [5.41, 5.74) is 4.11. The van der Waals surface area contributed by atoms with Crippen LogP contribution in [0.1, 0.15) is 20.3 Å². The number of hydrogen-bond acceptors (Lipinski definition) is 2. The van der Waals surface area contributed by atoms with Gasteiger partial charge in [-0.3, -0.25) is 4.79 Å². The highest BCUT2D eigenvalue weighted by molar-refractivity contribution is 5.95. The van der Waals surface area contributed by atoms with E-state index in [2.05, 4.69) is 0 Å². The van der Waals surface area contributed by atoms with Gasteiger partial charge in [-0.1, -0.05) is 20.3 Å². The van der Waals surface area contributed by atoms with Crippen LogP contribution in [-0.4, -0.2) is 11.9 Å². The summed E-state index contributed by atoms with van der Waals surface area (Å²) in [5, 5.41) is 1.64. The van der Waals surface area contributed by atoms with E-state index >= 15 is 0 Å². The quantitative estimate of drug-likeness (QED) is 0.510. The molecule has 0 saturated heterocycles. The number of nitrogens with two attached hydrogens (primary N) is 1. The molecule has 1 aromatic carbocycles. The van der Waals surface area contributed by atoms with E-state index < -0.39 is 46.7 Å². The summed E-state index contributed by atoms with van der Waals surface area (Å²) in [5.74, 6) is -12.1. The lowest BCUT2D eigenvalue weighted by molar-refractivity contribution is -0.118. The third-order valence-corrected chi connectivity index (χ3v) is 3.02. The predicted octanol–water partition coefficient (Wildman–Crippen LogP) is 2.69. The number of nitrogens with one attached hydrogen (secondary N) is 1. The van der Waals surface area contributed by atoms with Crippen LogP contribution in [0.15, 0.2) is 0 Å². The van der Waals surface area contributed by atoms with Gasteiger partial charge >= 0.3 is 0 Å². The van der Waals surface area contributed by atoms with Gasteiger partial charge in [0.2, 0.25) is 11.7 Å². The number of carbonyl (C=O) groups is 1. The highest BCUT2D eigenvalue weighted by Gasteiger charge is 2.28. The van der Waals surface area contributed by atoms with Crippen LogP contribution in [0.4, 0.5) is 27.6 Å². The van der Waals surface area contributed by atoms with Crippen LogP contribution >= 0.6 is 0 Å². The van der Waals surface area contributed by atoms with Crippen molar-refractivity contribution >= 4 is 11.6 Å². The Hall–Kier alpha value is -1.70. The molecule has 0 aromatic heterocycles. The maximum atomic E-state index is 13.3. The SMILES string of the molecule is CCC(C)[C@H](N)C(=O)Nc1c(F)c(F)c(F)c(F)c1F. The van der Waals surface area contributed by atoms with E-state index in [1.165, 1.54) is 0 Å². The van der Waals surface area contributed by atoms with Gasteiger partial charge in [-0.25, -0.2) is 22.0 Å². The maximum absolute atomic E-state index is 13.3. The average Bonchev–Trinajstić information content (AvgIpc) is 2.45. The second-order valence-corrected chi connectivity index (χ2v) is 4.35. The molecule has 0 saturated carbocycles. The van der Waals surface area contributed by atoms with E-state index in [0.29, 0.717) is 6.42 Å². The molecule has 8 heteroatoms. The fourth-order valence-electron chi connectivity index (χ4n) is 1.43. The van der Waals surface area contributed by atoms with Gasteiger partial charge in [-0.15, -0.1) is 0 Å². The molecule has 1 rings (SSSR count).